The minimum atomic E-state index is -0.122. The highest BCUT2D eigenvalue weighted by atomic mass is 32.1. The highest BCUT2D eigenvalue weighted by Crippen LogP contribution is 2.39. The van der Waals surface area contributed by atoms with Crippen molar-refractivity contribution in [3.8, 4) is 21.6 Å². The predicted molar refractivity (Wildman–Crippen MR) is 114 cm³/mol. The summed E-state index contributed by atoms with van der Waals surface area (Å²) in [7, 11) is 0. The third-order valence-corrected chi connectivity index (χ3v) is 5.97. The van der Waals surface area contributed by atoms with E-state index in [-0.39, 0.29) is 12.3 Å². The van der Waals surface area contributed by atoms with Crippen LogP contribution in [0, 0.1) is 0 Å². The Labute approximate surface area is 164 Å². The van der Waals surface area contributed by atoms with Gasteiger partial charge in [0, 0.05) is 44.0 Å². The summed E-state index contributed by atoms with van der Waals surface area (Å²) in [6.07, 6.45) is 5.14. The number of rotatable bonds is 4. The Kier molecular flexibility index (Phi) is 4.00. The van der Waals surface area contributed by atoms with Gasteiger partial charge in [-0.05, 0) is 41.3 Å². The normalized spacial score (nSPS) is 11.3. The van der Waals surface area contributed by atoms with Crippen LogP contribution in [-0.2, 0) is 0 Å². The van der Waals surface area contributed by atoms with Crippen LogP contribution in [0.25, 0.3) is 42.6 Å². The average molecular weight is 384 g/mol. The van der Waals surface area contributed by atoms with Gasteiger partial charge in [0.25, 0.3) is 0 Å². The number of H-pyrrole nitrogens is 1. The van der Waals surface area contributed by atoms with Crippen molar-refractivity contribution in [2.75, 3.05) is 6.54 Å². The van der Waals surface area contributed by atoms with Crippen molar-refractivity contribution >= 4 is 38.1 Å². The van der Waals surface area contributed by atoms with Crippen molar-refractivity contribution < 1.29 is 4.79 Å². The fourth-order valence-electron chi connectivity index (χ4n) is 3.40. The van der Waals surface area contributed by atoms with Gasteiger partial charge < -0.3 is 5.73 Å². The average Bonchev–Trinajstić information content (AvgIpc) is 3.39. The number of aromatic nitrogens is 3. The van der Waals surface area contributed by atoms with E-state index >= 15 is 0 Å². The topological polar surface area (TPSA) is 84.7 Å². The number of Topliss-reactive ketones (excluding diaryl/α,β-unsaturated/α-hetero) is 1. The largest absolute Gasteiger partial charge is 0.324 e. The number of fused-ring (bicyclic) bond motifs is 2. The quantitative estimate of drug-likeness (QED) is 0.442. The van der Waals surface area contributed by atoms with E-state index in [1.54, 1.807) is 23.7 Å². The summed E-state index contributed by atoms with van der Waals surface area (Å²) >= 11 is 1.75. The fourth-order valence-corrected chi connectivity index (χ4v) is 4.49. The molecule has 136 valence electrons. The van der Waals surface area contributed by atoms with Gasteiger partial charge in [-0.25, -0.2) is 0 Å². The SMILES string of the molecule is NCC(=O)c1cncc(-c2cc(-c3cc4ccccc4s3)c3[nH]ncc3c2)c1. The second kappa shape index (κ2) is 6.67. The van der Waals surface area contributed by atoms with Crippen molar-refractivity contribution in [1.82, 2.24) is 15.2 Å². The summed E-state index contributed by atoms with van der Waals surface area (Å²) < 4.78 is 1.24. The second-order valence-corrected chi connectivity index (χ2v) is 7.68. The Hall–Kier alpha value is -3.35. The van der Waals surface area contributed by atoms with Crippen LogP contribution < -0.4 is 5.73 Å². The maximum absolute atomic E-state index is 12.0. The summed E-state index contributed by atoms with van der Waals surface area (Å²) in [6, 6.07) is 16.6. The number of thiophene rings is 1. The zero-order valence-corrected chi connectivity index (χ0v) is 15.7. The lowest BCUT2D eigenvalue weighted by Gasteiger charge is -2.07. The lowest BCUT2D eigenvalue weighted by molar-refractivity contribution is 0.100. The molecule has 5 aromatic rings. The monoisotopic (exact) mass is 384 g/mol. The molecule has 0 aliphatic carbocycles. The number of benzene rings is 2. The highest BCUT2D eigenvalue weighted by Gasteiger charge is 2.13. The van der Waals surface area contributed by atoms with Crippen molar-refractivity contribution in [3.05, 3.63) is 72.7 Å². The number of nitrogens with zero attached hydrogens (tertiary/aromatic N) is 2. The number of ketones is 1. The number of pyridine rings is 1. The lowest BCUT2D eigenvalue weighted by atomic mass is 9.99. The van der Waals surface area contributed by atoms with Crippen LogP contribution in [0.4, 0.5) is 0 Å². The first-order valence-corrected chi connectivity index (χ1v) is 9.69. The van der Waals surface area contributed by atoms with Gasteiger partial charge in [-0.15, -0.1) is 11.3 Å². The Morgan fingerprint density at radius 2 is 1.89 bits per heavy atom. The zero-order valence-electron chi connectivity index (χ0n) is 14.8. The van der Waals surface area contributed by atoms with Gasteiger partial charge in [-0.2, -0.15) is 5.10 Å². The zero-order chi connectivity index (χ0) is 19.1. The van der Waals surface area contributed by atoms with Crippen LogP contribution in [0.15, 0.2) is 67.1 Å². The molecule has 2 aromatic carbocycles. The number of nitrogens with one attached hydrogen (secondary N) is 1. The molecule has 0 atom stereocenters. The van der Waals surface area contributed by atoms with Crippen LogP contribution >= 0.6 is 11.3 Å². The van der Waals surface area contributed by atoms with Crippen LogP contribution in [0.3, 0.4) is 0 Å². The Morgan fingerprint density at radius 1 is 1.00 bits per heavy atom. The van der Waals surface area contributed by atoms with Crippen LogP contribution in [0.1, 0.15) is 10.4 Å². The van der Waals surface area contributed by atoms with Crippen molar-refractivity contribution in [2.24, 2.45) is 5.73 Å². The minimum Gasteiger partial charge on any atom is -0.324 e. The fraction of sp³-hybridized carbons (Fsp3) is 0.0455. The molecule has 0 aliphatic rings. The van der Waals surface area contributed by atoms with E-state index in [0.29, 0.717) is 5.56 Å². The standard InChI is InChI=1S/C22H16N4OS/c23-9-19(27)16-6-15(10-24-11-16)14-5-17-12-25-26-22(17)18(7-14)21-8-13-3-1-2-4-20(13)28-21/h1-8,10-12H,9,23H2,(H,25,26). The maximum atomic E-state index is 12.0. The van der Waals surface area contributed by atoms with Gasteiger partial charge in [0.2, 0.25) is 0 Å². The third kappa shape index (κ3) is 2.79. The summed E-state index contributed by atoms with van der Waals surface area (Å²) in [5.41, 5.74) is 9.97. The van der Waals surface area contributed by atoms with E-state index in [0.717, 1.165) is 27.6 Å². The van der Waals surface area contributed by atoms with Gasteiger partial charge in [0.1, 0.15) is 0 Å². The van der Waals surface area contributed by atoms with E-state index in [9.17, 15) is 4.79 Å². The lowest BCUT2D eigenvalue weighted by Crippen LogP contribution is -2.13. The molecule has 0 saturated heterocycles. The molecule has 5 rings (SSSR count). The molecule has 3 N–H and O–H groups in total. The highest BCUT2D eigenvalue weighted by molar-refractivity contribution is 7.22. The van der Waals surface area contributed by atoms with E-state index in [2.05, 4.69) is 51.6 Å². The number of carbonyl (C=O) groups is 1. The van der Waals surface area contributed by atoms with Crippen LogP contribution in [0.2, 0.25) is 0 Å². The van der Waals surface area contributed by atoms with E-state index in [4.69, 9.17) is 5.73 Å². The van der Waals surface area contributed by atoms with Gasteiger partial charge >= 0.3 is 0 Å². The molecule has 0 amide bonds. The first kappa shape index (κ1) is 16.8. The molecule has 0 fully saturated rings. The molecule has 0 radical (unpaired) electrons. The Morgan fingerprint density at radius 3 is 2.75 bits per heavy atom. The van der Waals surface area contributed by atoms with E-state index in [1.165, 1.54) is 15.0 Å². The third-order valence-electron chi connectivity index (χ3n) is 4.82. The second-order valence-electron chi connectivity index (χ2n) is 6.60. The molecular formula is C22H16N4OS. The Bertz CT molecular complexity index is 1300. The summed E-state index contributed by atoms with van der Waals surface area (Å²) in [5.74, 6) is -0.122. The number of aromatic amines is 1. The Balaban J connectivity index is 1.71. The number of nitrogens with two attached hydrogens (primary N) is 1. The molecule has 6 heteroatoms. The number of hydrogen-bond donors (Lipinski definition) is 2. The molecule has 5 nitrogen and oxygen atoms in total. The maximum Gasteiger partial charge on any atom is 0.177 e. The molecule has 28 heavy (non-hydrogen) atoms. The van der Waals surface area contributed by atoms with E-state index < -0.39 is 0 Å². The van der Waals surface area contributed by atoms with Crippen LogP contribution in [0.5, 0.6) is 0 Å². The van der Waals surface area contributed by atoms with Gasteiger partial charge in [0.15, 0.2) is 5.78 Å². The molecule has 0 bridgehead atoms. The smallest absolute Gasteiger partial charge is 0.177 e. The molecule has 0 spiro atoms. The molecule has 0 saturated carbocycles. The summed E-state index contributed by atoms with van der Waals surface area (Å²) in [6.45, 7) is -0.0288. The van der Waals surface area contributed by atoms with Gasteiger partial charge in [-0.3, -0.25) is 14.9 Å². The number of hydrogen-bond acceptors (Lipinski definition) is 5. The van der Waals surface area contributed by atoms with Gasteiger partial charge in [0.05, 0.1) is 18.3 Å². The van der Waals surface area contributed by atoms with Crippen molar-refractivity contribution in [2.45, 2.75) is 0 Å². The molecule has 3 heterocycles. The van der Waals surface area contributed by atoms with Crippen LogP contribution in [-0.4, -0.2) is 27.5 Å². The number of carbonyl (C=O) groups excluding carboxylic acids is 1. The van der Waals surface area contributed by atoms with Gasteiger partial charge in [-0.1, -0.05) is 18.2 Å². The minimum absolute atomic E-state index is 0.0288. The first-order chi connectivity index (χ1) is 13.7. The predicted octanol–water partition coefficient (Wildman–Crippen LogP) is 4.65. The first-order valence-electron chi connectivity index (χ1n) is 8.88. The molecular weight excluding hydrogens is 368 g/mol. The van der Waals surface area contributed by atoms with E-state index in [1.807, 2.05) is 18.3 Å². The van der Waals surface area contributed by atoms with Crippen molar-refractivity contribution in [1.29, 1.82) is 0 Å². The van der Waals surface area contributed by atoms with Crippen molar-refractivity contribution in [3.63, 3.8) is 0 Å². The summed E-state index contributed by atoms with van der Waals surface area (Å²) in [5, 5.41) is 9.58. The summed E-state index contributed by atoms with van der Waals surface area (Å²) in [4.78, 5) is 17.4. The molecule has 0 unspecified atom stereocenters. The molecule has 0 aliphatic heterocycles. The molecule has 3 aromatic heterocycles.